The summed E-state index contributed by atoms with van der Waals surface area (Å²) >= 11 is 0. The van der Waals surface area contributed by atoms with E-state index in [0.717, 1.165) is 95.8 Å². The van der Waals surface area contributed by atoms with Gasteiger partial charge < -0.3 is 9.80 Å². The highest BCUT2D eigenvalue weighted by atomic mass is 15.1. The Morgan fingerprint density at radius 3 is 0.797 bits per heavy atom. The van der Waals surface area contributed by atoms with Crippen LogP contribution in [0.5, 0.6) is 0 Å². The van der Waals surface area contributed by atoms with Gasteiger partial charge in [0.25, 0.3) is 0 Å². The summed E-state index contributed by atoms with van der Waals surface area (Å²) in [6.07, 6.45) is 8.20. The largest absolute Gasteiger partial charge is 0.317 e. The first-order valence-corrected chi connectivity index (χ1v) is 40.1. The van der Waals surface area contributed by atoms with Gasteiger partial charge in [0.15, 0.2) is 0 Å². The van der Waals surface area contributed by atoms with Crippen molar-refractivity contribution in [1.82, 2.24) is 19.1 Å². The molecule has 0 saturated carbocycles. The zero-order valence-electron chi connectivity index (χ0n) is 65.8. The van der Waals surface area contributed by atoms with Crippen molar-refractivity contribution in [3.05, 3.63) is 484 Å². The van der Waals surface area contributed by atoms with Crippen LogP contribution in [-0.4, -0.2) is 19.1 Å². The highest BCUT2D eigenvalue weighted by molar-refractivity contribution is 5.88. The van der Waals surface area contributed by atoms with Crippen molar-refractivity contribution in [2.24, 2.45) is 0 Å². The van der Waals surface area contributed by atoms with E-state index in [1.807, 2.05) is 42.5 Å². The van der Waals surface area contributed by atoms with Crippen molar-refractivity contribution in [2.45, 2.75) is 13.8 Å². The summed E-state index contributed by atoms with van der Waals surface area (Å²) in [6.45, 7) is 8.36. The third-order valence-electron chi connectivity index (χ3n) is 21.9. The summed E-state index contributed by atoms with van der Waals surface area (Å²) < 4.78 is 4.48. The Morgan fingerprint density at radius 1 is 0.254 bits per heavy atom. The predicted octanol–water partition coefficient (Wildman–Crippen LogP) is 30.1. The smallest absolute Gasteiger partial charge is 0.145 e. The van der Waals surface area contributed by atoms with Gasteiger partial charge in [0, 0.05) is 57.1 Å². The van der Waals surface area contributed by atoms with Crippen molar-refractivity contribution in [2.75, 3.05) is 9.80 Å². The monoisotopic (exact) mass is 1510 g/mol. The summed E-state index contributed by atoms with van der Waals surface area (Å²) in [4.78, 5) is 14.6. The molecule has 0 aliphatic rings. The molecular weight excluding hydrogens is 1430 g/mol. The van der Waals surface area contributed by atoms with E-state index in [2.05, 4.69) is 458 Å². The standard InChI is InChI=1S/C57H43N3.C55H41N3/c1-40-12-34-52(35-13-40)59(53-36-14-41(2)15-37-53)54-38-32-49(33-39-54)47-26-24-45(25-27-47)43-18-16-42(17-19-43)44-20-22-46(23-21-44)48-28-30-50(31-29-48)57-58-55-10-6-7-11-56(55)60(57)51-8-4-3-5-9-51;1-2-41(15-14-40-57(50-16-6-3-7-17-50)51-18-8-4-9-19-51)42-24-26-43(27-25-42)44-28-30-45(31-29-44)46-32-34-47(35-33-46)48-36-38-49(39-37-48)55-56-53-22-12-13-23-54(53)58(55)52-20-10-5-11-21-52/h3-39H,1-2H3;2-40H,1H2/b;40-14+,41-15+. The van der Waals surface area contributed by atoms with E-state index in [-0.39, 0.29) is 0 Å². The molecule has 118 heavy (non-hydrogen) atoms. The molecule has 2 heterocycles. The second-order valence-corrected chi connectivity index (χ2v) is 29.6. The van der Waals surface area contributed by atoms with Crippen molar-refractivity contribution < 1.29 is 0 Å². The molecule has 0 saturated heterocycles. The Labute approximate surface area is 690 Å². The Bertz CT molecular complexity index is 6590. The molecule has 6 nitrogen and oxygen atoms in total. The van der Waals surface area contributed by atoms with E-state index in [4.69, 9.17) is 9.97 Å². The van der Waals surface area contributed by atoms with Crippen molar-refractivity contribution in [1.29, 1.82) is 0 Å². The van der Waals surface area contributed by atoms with Crippen LogP contribution in [0.4, 0.5) is 28.4 Å². The van der Waals surface area contributed by atoms with Gasteiger partial charge in [-0.05, 0) is 218 Å². The fourth-order valence-electron chi connectivity index (χ4n) is 15.5. The lowest BCUT2D eigenvalue weighted by Crippen LogP contribution is -2.09. The van der Waals surface area contributed by atoms with Crippen molar-refractivity contribution in [3.63, 3.8) is 0 Å². The fraction of sp³-hybridized carbons (Fsp3) is 0.0179. The molecule has 0 radical (unpaired) electrons. The number of nitrogens with zero attached hydrogens (tertiary/aromatic N) is 6. The molecular formula is C112H84N6. The maximum absolute atomic E-state index is 5.04. The number of fused-ring (bicyclic) bond motifs is 2. The van der Waals surface area contributed by atoms with Gasteiger partial charge in [0.2, 0.25) is 0 Å². The molecule has 0 unspecified atom stereocenters. The third-order valence-corrected chi connectivity index (χ3v) is 21.9. The number of allylic oxidation sites excluding steroid dienone is 4. The Kier molecular flexibility index (Phi) is 21.3. The van der Waals surface area contributed by atoms with Crippen LogP contribution in [0.1, 0.15) is 16.7 Å². The van der Waals surface area contributed by atoms with Crippen LogP contribution < -0.4 is 9.80 Å². The minimum atomic E-state index is 0.936. The lowest BCUT2D eigenvalue weighted by Gasteiger charge is -2.26. The van der Waals surface area contributed by atoms with E-state index in [9.17, 15) is 0 Å². The second-order valence-electron chi connectivity index (χ2n) is 29.6. The second kappa shape index (κ2) is 34.1. The lowest BCUT2D eigenvalue weighted by atomic mass is 9.96. The minimum Gasteiger partial charge on any atom is -0.317 e. The summed E-state index contributed by atoms with van der Waals surface area (Å²) in [5.41, 5.74) is 35.4. The number of rotatable bonds is 20. The van der Waals surface area contributed by atoms with Gasteiger partial charge >= 0.3 is 0 Å². The van der Waals surface area contributed by atoms with Crippen LogP contribution in [0.15, 0.2) is 468 Å². The highest BCUT2D eigenvalue weighted by Gasteiger charge is 2.19. The first-order chi connectivity index (χ1) is 58.2. The molecule has 2 aromatic heterocycles. The van der Waals surface area contributed by atoms with Gasteiger partial charge in [-0.3, -0.25) is 9.13 Å². The molecule has 0 fully saturated rings. The zero-order chi connectivity index (χ0) is 79.5. The minimum absolute atomic E-state index is 0.936. The van der Waals surface area contributed by atoms with Crippen LogP contribution >= 0.6 is 0 Å². The molecule has 6 heteroatoms. The van der Waals surface area contributed by atoms with Crippen LogP contribution in [0.3, 0.4) is 0 Å². The summed E-state index contributed by atoms with van der Waals surface area (Å²) in [6, 6.07) is 155. The first kappa shape index (κ1) is 73.9. The Hall–Kier alpha value is -15.5. The van der Waals surface area contributed by atoms with E-state index in [0.29, 0.717) is 0 Å². The number of benzene rings is 17. The van der Waals surface area contributed by atoms with Crippen LogP contribution in [0.25, 0.3) is 140 Å². The number of anilines is 5. The molecule has 0 aliphatic carbocycles. The molecule has 0 bridgehead atoms. The molecule has 17 aromatic carbocycles. The van der Waals surface area contributed by atoms with Gasteiger partial charge in [-0.1, -0.05) is 357 Å². The van der Waals surface area contributed by atoms with E-state index < -0.39 is 0 Å². The maximum atomic E-state index is 5.04. The molecule has 0 atom stereocenters. The number of hydrogen-bond acceptors (Lipinski definition) is 4. The normalized spacial score (nSPS) is 11.4. The van der Waals surface area contributed by atoms with E-state index >= 15 is 0 Å². The predicted molar refractivity (Wildman–Crippen MR) is 498 cm³/mol. The van der Waals surface area contributed by atoms with Gasteiger partial charge in [0.05, 0.1) is 22.1 Å². The van der Waals surface area contributed by atoms with Gasteiger partial charge in [-0.15, -0.1) is 0 Å². The number of aryl methyl sites for hydroxylation is 2. The van der Waals surface area contributed by atoms with E-state index in [1.165, 1.54) is 89.0 Å². The third kappa shape index (κ3) is 16.1. The number of imidazole rings is 2. The zero-order valence-corrected chi connectivity index (χ0v) is 65.8. The molecule has 0 amide bonds. The highest BCUT2D eigenvalue weighted by Crippen LogP contribution is 2.40. The number of para-hydroxylation sites is 8. The summed E-state index contributed by atoms with van der Waals surface area (Å²) in [7, 11) is 0. The lowest BCUT2D eigenvalue weighted by molar-refractivity contribution is 1.10. The summed E-state index contributed by atoms with van der Waals surface area (Å²) in [5, 5.41) is 0. The number of hydrogen-bond donors (Lipinski definition) is 0. The average molecular weight is 1510 g/mol. The van der Waals surface area contributed by atoms with Crippen molar-refractivity contribution in [3.8, 4) is 112 Å². The molecule has 0 spiro atoms. The molecule has 19 aromatic rings. The molecule has 19 rings (SSSR count). The van der Waals surface area contributed by atoms with Crippen LogP contribution in [0, 0.1) is 13.8 Å². The van der Waals surface area contributed by atoms with Crippen molar-refractivity contribution >= 4 is 56.1 Å². The number of aromatic nitrogens is 4. The summed E-state index contributed by atoms with van der Waals surface area (Å²) in [5.74, 6) is 1.87. The van der Waals surface area contributed by atoms with E-state index in [1.54, 1.807) is 0 Å². The van der Waals surface area contributed by atoms with Crippen LogP contribution in [-0.2, 0) is 0 Å². The fourth-order valence-corrected chi connectivity index (χ4v) is 15.5. The molecule has 562 valence electrons. The van der Waals surface area contributed by atoms with Gasteiger partial charge in [-0.25, -0.2) is 9.97 Å². The quantitative estimate of drug-likeness (QED) is 0.0713. The Balaban J connectivity index is 0.000000163. The maximum Gasteiger partial charge on any atom is 0.145 e. The van der Waals surface area contributed by atoms with Gasteiger partial charge in [-0.2, -0.15) is 0 Å². The molecule has 0 aliphatic heterocycles. The first-order valence-electron chi connectivity index (χ1n) is 40.1. The SMILES string of the molecule is C=C/C(=C\C=C\N(c1ccccc1)c1ccccc1)c1ccc(-c2ccc(-c3ccc(-c4ccc(-c5nc6ccccc6n5-c5ccccc5)cc4)cc3)cc2)cc1.Cc1ccc(N(c2ccc(C)cc2)c2ccc(-c3ccc(-c4ccc(-c5ccc(-c6ccc(-c7nc8ccccc8n7-c7ccccc7)cc6)cc5)cc4)cc3)cc2)cc1. The Morgan fingerprint density at radius 2 is 0.500 bits per heavy atom. The topological polar surface area (TPSA) is 42.1 Å². The molecule has 0 N–H and O–H groups in total. The average Bonchev–Trinajstić information content (AvgIpc) is 1.61. The van der Waals surface area contributed by atoms with Gasteiger partial charge in [0.1, 0.15) is 11.6 Å². The van der Waals surface area contributed by atoms with Crippen LogP contribution in [0.2, 0.25) is 0 Å².